The lowest BCUT2D eigenvalue weighted by atomic mass is 9.78. The fourth-order valence-electron chi connectivity index (χ4n) is 2.31. The predicted octanol–water partition coefficient (Wildman–Crippen LogP) is 2.67. The largest absolute Gasteiger partial charge is 0.396 e. The minimum absolute atomic E-state index is 0.143. The maximum absolute atomic E-state index is 9.97. The van der Waals surface area contributed by atoms with Gasteiger partial charge in [0, 0.05) is 18.4 Å². The summed E-state index contributed by atoms with van der Waals surface area (Å²) in [7, 11) is 0. The van der Waals surface area contributed by atoms with Crippen LogP contribution < -0.4 is 0 Å². The summed E-state index contributed by atoms with van der Waals surface area (Å²) in [5.74, 6) is 0.388. The molecule has 3 atom stereocenters. The summed E-state index contributed by atoms with van der Waals surface area (Å²) in [6, 6.07) is 0. The maximum atomic E-state index is 9.97. The van der Waals surface area contributed by atoms with Crippen LogP contribution in [-0.2, 0) is 0 Å². The Bertz CT molecular complexity index is 268. The topological polar surface area (TPSA) is 40.5 Å². The average Bonchev–Trinajstić information content (AvgIpc) is 2.27. The molecule has 1 aliphatic carbocycles. The van der Waals surface area contributed by atoms with Gasteiger partial charge in [-0.1, -0.05) is 39.3 Å². The first kappa shape index (κ1) is 13.5. The van der Waals surface area contributed by atoms with E-state index in [-0.39, 0.29) is 24.5 Å². The van der Waals surface area contributed by atoms with Crippen molar-refractivity contribution in [1.82, 2.24) is 0 Å². The van der Waals surface area contributed by atoms with E-state index in [0.717, 1.165) is 30.4 Å². The Morgan fingerprint density at radius 2 is 2.25 bits per heavy atom. The zero-order chi connectivity index (χ0) is 12.1. The Labute approximate surface area is 98.7 Å². The first-order valence-corrected chi connectivity index (χ1v) is 6.28. The van der Waals surface area contributed by atoms with E-state index in [1.807, 2.05) is 6.92 Å². The van der Waals surface area contributed by atoms with E-state index in [1.165, 1.54) is 0 Å². The maximum Gasteiger partial charge on any atom is 0.0643 e. The molecule has 0 fully saturated rings. The van der Waals surface area contributed by atoms with Crippen LogP contribution in [0.25, 0.3) is 0 Å². The molecule has 2 nitrogen and oxygen atoms in total. The molecule has 0 bridgehead atoms. The molecule has 0 aromatic heterocycles. The molecule has 0 aromatic carbocycles. The van der Waals surface area contributed by atoms with E-state index in [9.17, 15) is 10.2 Å². The first-order chi connectivity index (χ1) is 7.60. The standard InChI is InChI=1S/C14H24O2/c1-4-5-6-12-8-13(11(3)9-15)10(2)7-14(12)16/h8,11-12,14-16H,2,4-7,9H2,1,3H3/t11-,12-,14+/m1/s1. The van der Waals surface area contributed by atoms with Crippen LogP contribution in [0.15, 0.2) is 23.8 Å². The second-order valence-electron chi connectivity index (χ2n) is 4.89. The summed E-state index contributed by atoms with van der Waals surface area (Å²) in [5.41, 5.74) is 2.13. The van der Waals surface area contributed by atoms with E-state index in [0.29, 0.717) is 6.42 Å². The summed E-state index contributed by atoms with van der Waals surface area (Å²) < 4.78 is 0. The molecule has 2 heteroatoms. The first-order valence-electron chi connectivity index (χ1n) is 6.28. The Balaban J connectivity index is 2.76. The van der Waals surface area contributed by atoms with Crippen molar-refractivity contribution >= 4 is 0 Å². The average molecular weight is 224 g/mol. The van der Waals surface area contributed by atoms with Crippen molar-refractivity contribution in [1.29, 1.82) is 0 Å². The molecule has 0 aromatic rings. The molecule has 16 heavy (non-hydrogen) atoms. The van der Waals surface area contributed by atoms with Gasteiger partial charge in [0.2, 0.25) is 0 Å². The van der Waals surface area contributed by atoms with Gasteiger partial charge in [0.1, 0.15) is 0 Å². The summed E-state index contributed by atoms with van der Waals surface area (Å²) in [6.07, 6.45) is 5.84. The molecule has 0 saturated heterocycles. The van der Waals surface area contributed by atoms with Gasteiger partial charge in [-0.3, -0.25) is 0 Å². The molecule has 0 heterocycles. The normalized spacial score (nSPS) is 27.8. The fraction of sp³-hybridized carbons (Fsp3) is 0.714. The highest BCUT2D eigenvalue weighted by molar-refractivity contribution is 5.34. The smallest absolute Gasteiger partial charge is 0.0643 e. The minimum atomic E-state index is -0.284. The van der Waals surface area contributed by atoms with Gasteiger partial charge >= 0.3 is 0 Å². The monoisotopic (exact) mass is 224 g/mol. The Morgan fingerprint density at radius 3 is 2.81 bits per heavy atom. The zero-order valence-corrected chi connectivity index (χ0v) is 10.4. The fourth-order valence-corrected chi connectivity index (χ4v) is 2.31. The molecule has 2 N–H and O–H groups in total. The summed E-state index contributed by atoms with van der Waals surface area (Å²) >= 11 is 0. The lowest BCUT2D eigenvalue weighted by molar-refractivity contribution is 0.118. The SMILES string of the molecule is C=C1C[C@H](O)[C@H](CCCC)C=C1[C@H](C)CO. The van der Waals surface area contributed by atoms with Gasteiger partial charge in [-0.25, -0.2) is 0 Å². The molecule has 0 amide bonds. The van der Waals surface area contributed by atoms with Gasteiger partial charge in [0.05, 0.1) is 6.10 Å². The van der Waals surface area contributed by atoms with Gasteiger partial charge in [-0.05, 0) is 24.0 Å². The number of unbranched alkanes of at least 4 members (excludes halogenated alkanes) is 1. The van der Waals surface area contributed by atoms with E-state index in [2.05, 4.69) is 19.6 Å². The highest BCUT2D eigenvalue weighted by Gasteiger charge is 2.26. The quantitative estimate of drug-likeness (QED) is 0.753. The number of rotatable bonds is 5. The van der Waals surface area contributed by atoms with Crippen LogP contribution in [0, 0.1) is 11.8 Å². The second-order valence-corrected chi connectivity index (χ2v) is 4.89. The van der Waals surface area contributed by atoms with Gasteiger partial charge in [-0.15, -0.1) is 0 Å². The molecular formula is C14H24O2. The van der Waals surface area contributed by atoms with Gasteiger partial charge in [-0.2, -0.15) is 0 Å². The van der Waals surface area contributed by atoms with Crippen LogP contribution in [0.2, 0.25) is 0 Å². The summed E-state index contributed by atoms with van der Waals surface area (Å²) in [4.78, 5) is 0. The molecular weight excluding hydrogens is 200 g/mol. The van der Waals surface area contributed by atoms with Crippen molar-refractivity contribution in [2.45, 2.75) is 45.6 Å². The van der Waals surface area contributed by atoms with E-state index in [1.54, 1.807) is 0 Å². The third kappa shape index (κ3) is 3.19. The van der Waals surface area contributed by atoms with Crippen molar-refractivity contribution in [3.63, 3.8) is 0 Å². The summed E-state index contributed by atoms with van der Waals surface area (Å²) in [5, 5.41) is 19.2. The Kier molecular flexibility index (Phi) is 5.23. The molecule has 92 valence electrons. The number of aliphatic hydroxyl groups excluding tert-OH is 2. The van der Waals surface area contributed by atoms with Gasteiger partial charge in [0.25, 0.3) is 0 Å². The van der Waals surface area contributed by atoms with Crippen LogP contribution in [0.1, 0.15) is 39.5 Å². The molecule has 1 rings (SSSR count). The zero-order valence-electron chi connectivity index (χ0n) is 10.4. The van der Waals surface area contributed by atoms with Gasteiger partial charge < -0.3 is 10.2 Å². The predicted molar refractivity (Wildman–Crippen MR) is 67.1 cm³/mol. The number of hydrogen-bond donors (Lipinski definition) is 2. The van der Waals surface area contributed by atoms with Crippen LogP contribution >= 0.6 is 0 Å². The number of aliphatic hydroxyl groups is 2. The van der Waals surface area contributed by atoms with Crippen molar-refractivity contribution < 1.29 is 10.2 Å². The highest BCUT2D eigenvalue weighted by Crippen LogP contribution is 2.33. The lowest BCUT2D eigenvalue weighted by Gasteiger charge is -2.30. The molecule has 0 spiro atoms. The van der Waals surface area contributed by atoms with Crippen molar-refractivity contribution in [2.24, 2.45) is 11.8 Å². The van der Waals surface area contributed by atoms with Crippen LogP contribution in [0.5, 0.6) is 0 Å². The van der Waals surface area contributed by atoms with Crippen molar-refractivity contribution in [3.05, 3.63) is 23.8 Å². The summed E-state index contributed by atoms with van der Waals surface area (Å²) in [6.45, 7) is 8.31. The van der Waals surface area contributed by atoms with Crippen LogP contribution in [0.3, 0.4) is 0 Å². The number of hydrogen-bond acceptors (Lipinski definition) is 2. The molecule has 0 radical (unpaired) electrons. The van der Waals surface area contributed by atoms with E-state index in [4.69, 9.17) is 0 Å². The van der Waals surface area contributed by atoms with Crippen LogP contribution in [-0.4, -0.2) is 22.9 Å². The molecule has 0 aliphatic heterocycles. The van der Waals surface area contributed by atoms with Crippen LogP contribution in [0.4, 0.5) is 0 Å². The molecule has 1 aliphatic rings. The third-order valence-corrected chi connectivity index (χ3v) is 3.45. The Hall–Kier alpha value is -0.600. The van der Waals surface area contributed by atoms with E-state index < -0.39 is 0 Å². The van der Waals surface area contributed by atoms with Crippen molar-refractivity contribution in [2.75, 3.05) is 6.61 Å². The lowest BCUT2D eigenvalue weighted by Crippen LogP contribution is -2.26. The Morgan fingerprint density at radius 1 is 1.56 bits per heavy atom. The second kappa shape index (κ2) is 6.21. The molecule has 0 saturated carbocycles. The van der Waals surface area contributed by atoms with E-state index >= 15 is 0 Å². The third-order valence-electron chi connectivity index (χ3n) is 3.45. The van der Waals surface area contributed by atoms with Gasteiger partial charge in [0.15, 0.2) is 0 Å². The minimum Gasteiger partial charge on any atom is -0.396 e. The van der Waals surface area contributed by atoms with Crippen molar-refractivity contribution in [3.8, 4) is 0 Å². The highest BCUT2D eigenvalue weighted by atomic mass is 16.3. The molecule has 0 unspecified atom stereocenters.